The Hall–Kier alpha value is -3.11. The van der Waals surface area contributed by atoms with Crippen LogP contribution in [0.2, 0.25) is 0 Å². The number of ether oxygens (including phenoxy) is 1. The average molecular weight is 491 g/mol. The summed E-state index contributed by atoms with van der Waals surface area (Å²) in [4.78, 5) is 24.0. The van der Waals surface area contributed by atoms with E-state index in [1.54, 1.807) is 43.3 Å². The normalized spacial score (nSPS) is 12.5. The van der Waals surface area contributed by atoms with Crippen LogP contribution in [0.4, 0.5) is 17.1 Å². The molecule has 0 heterocycles. The van der Waals surface area contributed by atoms with Crippen molar-refractivity contribution in [3.05, 3.63) is 48.0 Å². The molecule has 0 saturated carbocycles. The number of benzene rings is 2. The van der Waals surface area contributed by atoms with Gasteiger partial charge >= 0.3 is 0 Å². The van der Waals surface area contributed by atoms with Crippen molar-refractivity contribution in [1.29, 1.82) is 0 Å². The summed E-state index contributed by atoms with van der Waals surface area (Å²) in [7, 11) is -2.43. The summed E-state index contributed by atoms with van der Waals surface area (Å²) in [5.41, 5.74) is 7.19. The summed E-state index contributed by atoms with van der Waals surface area (Å²) in [6.07, 6.45) is 0.738. The van der Waals surface area contributed by atoms with Crippen LogP contribution in [0.15, 0.2) is 47.4 Å². The van der Waals surface area contributed by atoms with E-state index in [1.165, 1.54) is 13.2 Å². The van der Waals surface area contributed by atoms with Crippen molar-refractivity contribution in [2.45, 2.75) is 45.9 Å². The van der Waals surface area contributed by atoms with E-state index in [9.17, 15) is 18.0 Å². The molecule has 0 spiro atoms. The highest BCUT2D eigenvalue weighted by molar-refractivity contribution is 7.92. The van der Waals surface area contributed by atoms with Gasteiger partial charge in [-0.05, 0) is 66.8 Å². The minimum Gasteiger partial charge on any atom is -0.375 e. The molecule has 2 aromatic carbocycles. The molecular formula is C24H34N4O5S. The van der Waals surface area contributed by atoms with E-state index in [1.807, 2.05) is 6.92 Å². The molecule has 0 radical (unpaired) electrons. The molecule has 1 atom stereocenters. The van der Waals surface area contributed by atoms with Crippen LogP contribution < -0.4 is 20.9 Å². The maximum Gasteiger partial charge on any atom is 0.264 e. The zero-order valence-electron chi connectivity index (χ0n) is 20.5. The maximum atomic E-state index is 12.9. The zero-order chi connectivity index (χ0) is 25.5. The largest absolute Gasteiger partial charge is 0.375 e. The van der Waals surface area contributed by atoms with Gasteiger partial charge in [0.2, 0.25) is 5.91 Å². The number of hydrogen-bond donors (Lipinski definition) is 4. The Bertz CT molecular complexity index is 1110. The first-order valence-corrected chi connectivity index (χ1v) is 12.4. The first kappa shape index (κ1) is 27.1. The smallest absolute Gasteiger partial charge is 0.264 e. The van der Waals surface area contributed by atoms with Gasteiger partial charge in [-0.15, -0.1) is 0 Å². The second-order valence-electron chi connectivity index (χ2n) is 9.42. The average Bonchev–Trinajstić information content (AvgIpc) is 2.72. The third kappa shape index (κ3) is 8.35. The Labute approximate surface area is 201 Å². The molecule has 4 N–H and O–H groups in total. The van der Waals surface area contributed by atoms with E-state index < -0.39 is 10.0 Å². The fourth-order valence-corrected chi connectivity index (χ4v) is 4.73. The number of sulfonamides is 1. The SMILES string of the molecule is COCC(=O)NNc1ccc(NS(=O)(=O)c2ccc(NC(=O)C(C)CC(C)(C)C)cc2C)cc1. The van der Waals surface area contributed by atoms with Gasteiger partial charge in [0.25, 0.3) is 15.9 Å². The van der Waals surface area contributed by atoms with Gasteiger partial charge in [-0.3, -0.25) is 25.2 Å². The van der Waals surface area contributed by atoms with Crippen molar-refractivity contribution >= 4 is 38.9 Å². The molecule has 2 aromatic rings. The van der Waals surface area contributed by atoms with Crippen molar-refractivity contribution in [3.63, 3.8) is 0 Å². The second kappa shape index (κ2) is 11.3. The number of amides is 2. The van der Waals surface area contributed by atoms with Gasteiger partial charge in [0.15, 0.2) is 0 Å². The third-order valence-corrected chi connectivity index (χ3v) is 6.40. The van der Waals surface area contributed by atoms with Gasteiger partial charge in [-0.2, -0.15) is 0 Å². The molecule has 0 fully saturated rings. The van der Waals surface area contributed by atoms with Gasteiger partial charge in [0.1, 0.15) is 6.61 Å². The lowest BCUT2D eigenvalue weighted by Crippen LogP contribution is -2.32. The van der Waals surface area contributed by atoms with Crippen LogP contribution in [-0.4, -0.2) is 33.9 Å². The van der Waals surface area contributed by atoms with Crippen molar-refractivity contribution < 1.29 is 22.7 Å². The summed E-state index contributed by atoms with van der Waals surface area (Å²) in [5, 5.41) is 2.87. The highest BCUT2D eigenvalue weighted by Crippen LogP contribution is 2.26. The number of methoxy groups -OCH3 is 1. The Balaban J connectivity index is 2.05. The van der Waals surface area contributed by atoms with Gasteiger partial charge in [-0.1, -0.05) is 27.7 Å². The highest BCUT2D eigenvalue weighted by atomic mass is 32.2. The molecule has 10 heteroatoms. The number of hydrazine groups is 1. The van der Waals surface area contributed by atoms with Crippen LogP contribution in [0.25, 0.3) is 0 Å². The van der Waals surface area contributed by atoms with E-state index >= 15 is 0 Å². The fraction of sp³-hybridized carbons (Fsp3) is 0.417. The van der Waals surface area contributed by atoms with Crippen molar-refractivity contribution in [3.8, 4) is 0 Å². The molecule has 2 amide bonds. The standard InChI is InChI=1S/C24H34N4O5S/c1-16-13-20(25-23(30)17(2)14-24(3,4)5)11-12-21(16)34(31,32)28-19-9-7-18(8-10-19)26-27-22(29)15-33-6/h7-13,17,26,28H,14-15H2,1-6H3,(H,25,30)(H,27,29). The second-order valence-corrected chi connectivity index (χ2v) is 11.1. The van der Waals surface area contributed by atoms with Gasteiger partial charge in [0, 0.05) is 24.4 Å². The lowest BCUT2D eigenvalue weighted by molar-refractivity contribution is -0.124. The number of carbonyl (C=O) groups excluding carboxylic acids is 2. The Kier molecular flexibility index (Phi) is 9.06. The van der Waals surface area contributed by atoms with Crippen molar-refractivity contribution in [2.24, 2.45) is 11.3 Å². The van der Waals surface area contributed by atoms with Crippen LogP contribution in [0.1, 0.15) is 39.7 Å². The Morgan fingerprint density at radius 1 is 1.00 bits per heavy atom. The number of carbonyl (C=O) groups is 2. The van der Waals surface area contributed by atoms with Gasteiger partial charge in [0.05, 0.1) is 10.6 Å². The van der Waals surface area contributed by atoms with E-state index in [4.69, 9.17) is 4.74 Å². The predicted octanol–water partition coefficient (Wildman–Crippen LogP) is 3.90. The van der Waals surface area contributed by atoms with Crippen LogP contribution in [0.5, 0.6) is 0 Å². The summed E-state index contributed by atoms with van der Waals surface area (Å²) in [6.45, 7) is 9.72. The number of nitrogens with one attached hydrogen (secondary N) is 4. The Morgan fingerprint density at radius 2 is 1.59 bits per heavy atom. The summed E-state index contributed by atoms with van der Waals surface area (Å²) < 4.78 is 33.1. The zero-order valence-corrected chi connectivity index (χ0v) is 21.3. The number of hydrogen-bond acceptors (Lipinski definition) is 6. The third-order valence-electron chi connectivity index (χ3n) is 4.86. The fourth-order valence-electron chi connectivity index (χ4n) is 3.45. The van der Waals surface area contributed by atoms with Gasteiger partial charge < -0.3 is 10.1 Å². The molecule has 1 unspecified atom stereocenters. The molecule has 0 saturated heterocycles. The van der Waals surface area contributed by atoms with Crippen LogP contribution in [-0.2, 0) is 24.3 Å². The quantitative estimate of drug-likeness (QED) is 0.374. The van der Waals surface area contributed by atoms with E-state index in [2.05, 4.69) is 41.7 Å². The molecule has 0 aliphatic rings. The molecule has 34 heavy (non-hydrogen) atoms. The highest BCUT2D eigenvalue weighted by Gasteiger charge is 2.22. The summed E-state index contributed by atoms with van der Waals surface area (Å²) in [6, 6.07) is 11.1. The predicted molar refractivity (Wildman–Crippen MR) is 134 cm³/mol. The first-order valence-electron chi connectivity index (χ1n) is 10.9. The molecule has 0 aromatic heterocycles. The lowest BCUT2D eigenvalue weighted by atomic mass is 9.85. The molecule has 2 rings (SSSR count). The van der Waals surface area contributed by atoms with Crippen LogP contribution >= 0.6 is 0 Å². The van der Waals surface area contributed by atoms with Crippen molar-refractivity contribution in [1.82, 2.24) is 5.43 Å². The molecule has 186 valence electrons. The minimum atomic E-state index is -3.84. The van der Waals surface area contributed by atoms with E-state index in [-0.39, 0.29) is 34.6 Å². The monoisotopic (exact) mass is 490 g/mol. The lowest BCUT2D eigenvalue weighted by Gasteiger charge is -2.22. The van der Waals surface area contributed by atoms with E-state index in [0.29, 0.717) is 22.6 Å². The summed E-state index contributed by atoms with van der Waals surface area (Å²) >= 11 is 0. The number of aryl methyl sites for hydroxylation is 1. The van der Waals surface area contributed by atoms with Gasteiger partial charge in [-0.25, -0.2) is 8.42 Å². The topological polar surface area (TPSA) is 126 Å². The number of rotatable bonds is 10. The van der Waals surface area contributed by atoms with Crippen LogP contribution in [0.3, 0.4) is 0 Å². The maximum absolute atomic E-state index is 12.9. The van der Waals surface area contributed by atoms with Crippen molar-refractivity contribution in [2.75, 3.05) is 29.2 Å². The molecule has 9 nitrogen and oxygen atoms in total. The summed E-state index contributed by atoms with van der Waals surface area (Å²) in [5.74, 6) is -0.614. The number of anilines is 3. The molecule has 0 aliphatic carbocycles. The van der Waals surface area contributed by atoms with Crippen LogP contribution in [0, 0.1) is 18.3 Å². The molecular weight excluding hydrogens is 456 g/mol. The Morgan fingerprint density at radius 3 is 2.15 bits per heavy atom. The molecule has 0 bridgehead atoms. The first-order chi connectivity index (χ1) is 15.8. The molecule has 0 aliphatic heterocycles. The minimum absolute atomic E-state index is 0.0303. The van der Waals surface area contributed by atoms with E-state index in [0.717, 1.165) is 6.42 Å².